The molecule has 0 saturated heterocycles. The molecule has 1 fully saturated rings. The zero-order valence-corrected chi connectivity index (χ0v) is 17.8. The fourth-order valence-corrected chi connectivity index (χ4v) is 4.51. The van der Waals surface area contributed by atoms with E-state index in [1.165, 1.54) is 75.3 Å². The maximum Gasteiger partial charge on any atom is 0.137 e. The van der Waals surface area contributed by atoms with Crippen LogP contribution in [-0.4, -0.2) is 11.6 Å². The topological polar surface area (TPSA) is 22.1 Å². The molecule has 1 aliphatic rings. The summed E-state index contributed by atoms with van der Waals surface area (Å²) < 4.78 is 5.47. The van der Waals surface area contributed by atoms with Gasteiger partial charge in [0.25, 0.3) is 0 Å². The van der Waals surface area contributed by atoms with Crippen LogP contribution in [-0.2, 0) is 6.42 Å². The predicted octanol–water partition coefficient (Wildman–Crippen LogP) is 7.47. The highest BCUT2D eigenvalue weighted by Crippen LogP contribution is 2.34. The number of hydrogen-bond donors (Lipinski definition) is 0. The number of unbranched alkanes of at least 4 members (excludes halogenated alkanes) is 2. The van der Waals surface area contributed by atoms with E-state index in [9.17, 15) is 0 Å². The van der Waals surface area contributed by atoms with E-state index >= 15 is 0 Å². The Labute approximate surface area is 171 Å². The van der Waals surface area contributed by atoms with E-state index in [0.29, 0.717) is 6.61 Å². The van der Waals surface area contributed by atoms with Gasteiger partial charge in [-0.05, 0) is 49.3 Å². The second-order valence-electron chi connectivity index (χ2n) is 8.43. The van der Waals surface area contributed by atoms with E-state index < -0.39 is 0 Å². The summed E-state index contributed by atoms with van der Waals surface area (Å²) in [6.45, 7) is 4.97. The minimum Gasteiger partial charge on any atom is -0.492 e. The first-order valence-corrected chi connectivity index (χ1v) is 11.5. The van der Waals surface area contributed by atoms with Gasteiger partial charge in [0.2, 0.25) is 0 Å². The predicted molar refractivity (Wildman–Crippen MR) is 119 cm³/mol. The molecule has 0 bridgehead atoms. The van der Waals surface area contributed by atoms with Crippen LogP contribution in [0.5, 0.6) is 5.75 Å². The summed E-state index contributed by atoms with van der Waals surface area (Å²) in [7, 11) is 0. The number of ether oxygens (including phenoxy) is 1. The normalized spacial score (nSPS) is 19.5. The number of benzene rings is 1. The Kier molecular flexibility index (Phi) is 8.39. The van der Waals surface area contributed by atoms with E-state index in [-0.39, 0.29) is 0 Å². The monoisotopic (exact) mass is 379 g/mol. The molecule has 152 valence electrons. The van der Waals surface area contributed by atoms with Crippen LogP contribution in [0.25, 0.3) is 11.3 Å². The van der Waals surface area contributed by atoms with Crippen LogP contribution in [0.1, 0.15) is 77.2 Å². The lowest BCUT2D eigenvalue weighted by molar-refractivity contribution is 0.249. The second kappa shape index (κ2) is 11.2. The van der Waals surface area contributed by atoms with Gasteiger partial charge in [-0.1, -0.05) is 82.6 Å². The van der Waals surface area contributed by atoms with E-state index in [1.807, 2.05) is 25.3 Å². The van der Waals surface area contributed by atoms with Gasteiger partial charge in [0.05, 0.1) is 18.5 Å². The van der Waals surface area contributed by atoms with E-state index in [1.54, 1.807) is 0 Å². The fourth-order valence-electron chi connectivity index (χ4n) is 4.51. The maximum absolute atomic E-state index is 5.47. The Morgan fingerprint density at radius 2 is 1.57 bits per heavy atom. The zero-order chi connectivity index (χ0) is 19.6. The fraction of sp³-hybridized carbons (Fsp3) is 0.577. The van der Waals surface area contributed by atoms with Gasteiger partial charge < -0.3 is 4.74 Å². The van der Waals surface area contributed by atoms with Crippen LogP contribution in [0.2, 0.25) is 0 Å². The van der Waals surface area contributed by atoms with Crippen molar-refractivity contribution in [1.29, 1.82) is 0 Å². The molecule has 1 heterocycles. The minimum atomic E-state index is 0.677. The SMILES string of the molecule is CCCCCC1CCC(CCc2ccc(-c3ccc(OCC)cn3)cc2)CC1. The van der Waals surface area contributed by atoms with Crippen molar-refractivity contribution in [2.45, 2.75) is 78.1 Å². The standard InChI is InChI=1S/C26H37NO/c1-3-5-6-7-21-8-10-22(11-9-21)12-13-23-14-16-24(17-15-23)26-19-18-25(20-27-26)28-4-2/h14-22H,3-13H2,1-2H3. The molecule has 28 heavy (non-hydrogen) atoms. The molecular weight excluding hydrogens is 342 g/mol. The van der Waals surface area contributed by atoms with Crippen LogP contribution in [0.15, 0.2) is 42.6 Å². The number of rotatable bonds is 10. The highest BCUT2D eigenvalue weighted by molar-refractivity contribution is 5.59. The molecule has 1 aromatic carbocycles. The quantitative estimate of drug-likeness (QED) is 0.399. The lowest BCUT2D eigenvalue weighted by Crippen LogP contribution is -2.15. The number of nitrogens with zero attached hydrogens (tertiary/aromatic N) is 1. The Morgan fingerprint density at radius 1 is 0.857 bits per heavy atom. The van der Waals surface area contributed by atoms with Crippen molar-refractivity contribution in [2.75, 3.05) is 6.61 Å². The van der Waals surface area contributed by atoms with Gasteiger partial charge >= 0.3 is 0 Å². The molecule has 0 unspecified atom stereocenters. The largest absolute Gasteiger partial charge is 0.492 e. The molecule has 2 aromatic rings. The third-order valence-corrected chi connectivity index (χ3v) is 6.32. The Bertz CT molecular complexity index is 669. The van der Waals surface area contributed by atoms with Crippen molar-refractivity contribution in [2.24, 2.45) is 11.8 Å². The molecule has 1 saturated carbocycles. The Balaban J connectivity index is 1.42. The van der Waals surface area contributed by atoms with Crippen LogP contribution >= 0.6 is 0 Å². The summed E-state index contributed by atoms with van der Waals surface area (Å²) in [5, 5.41) is 0. The average molecular weight is 380 g/mol. The molecule has 0 spiro atoms. The van der Waals surface area contributed by atoms with Gasteiger partial charge in [-0.3, -0.25) is 4.98 Å². The lowest BCUT2D eigenvalue weighted by Gasteiger charge is -2.28. The lowest BCUT2D eigenvalue weighted by atomic mass is 9.78. The number of pyridine rings is 1. The zero-order valence-electron chi connectivity index (χ0n) is 17.8. The average Bonchev–Trinajstić information content (AvgIpc) is 2.75. The summed E-state index contributed by atoms with van der Waals surface area (Å²) in [6, 6.07) is 13.0. The molecule has 0 atom stereocenters. The summed E-state index contributed by atoms with van der Waals surface area (Å²) >= 11 is 0. The molecule has 0 N–H and O–H groups in total. The molecule has 1 aromatic heterocycles. The third kappa shape index (κ3) is 6.36. The summed E-state index contributed by atoms with van der Waals surface area (Å²) in [6.07, 6.45) is 15.9. The smallest absolute Gasteiger partial charge is 0.137 e. The molecule has 0 aliphatic heterocycles. The van der Waals surface area contributed by atoms with Crippen molar-refractivity contribution < 1.29 is 4.74 Å². The Hall–Kier alpha value is -1.83. The van der Waals surface area contributed by atoms with E-state index in [4.69, 9.17) is 4.74 Å². The van der Waals surface area contributed by atoms with Crippen molar-refractivity contribution >= 4 is 0 Å². The van der Waals surface area contributed by atoms with Gasteiger partial charge in [-0.15, -0.1) is 0 Å². The molecular formula is C26H37NO. The van der Waals surface area contributed by atoms with Crippen LogP contribution in [0.4, 0.5) is 0 Å². The first kappa shape index (κ1) is 20.9. The molecule has 0 amide bonds. The number of aryl methyl sites for hydroxylation is 1. The minimum absolute atomic E-state index is 0.677. The number of aromatic nitrogens is 1. The summed E-state index contributed by atoms with van der Waals surface area (Å²) in [5.74, 6) is 2.79. The first-order chi connectivity index (χ1) is 13.8. The van der Waals surface area contributed by atoms with Crippen LogP contribution < -0.4 is 4.74 Å². The highest BCUT2D eigenvalue weighted by Gasteiger charge is 2.20. The van der Waals surface area contributed by atoms with Gasteiger partial charge in [-0.25, -0.2) is 0 Å². The molecule has 0 radical (unpaired) electrons. The van der Waals surface area contributed by atoms with Gasteiger partial charge in [0.1, 0.15) is 5.75 Å². The van der Waals surface area contributed by atoms with Crippen molar-refractivity contribution in [3.8, 4) is 17.0 Å². The number of hydrogen-bond acceptors (Lipinski definition) is 2. The third-order valence-electron chi connectivity index (χ3n) is 6.32. The maximum atomic E-state index is 5.47. The van der Waals surface area contributed by atoms with Crippen molar-refractivity contribution in [1.82, 2.24) is 4.98 Å². The first-order valence-electron chi connectivity index (χ1n) is 11.5. The van der Waals surface area contributed by atoms with Crippen LogP contribution in [0, 0.1) is 11.8 Å². The Morgan fingerprint density at radius 3 is 2.18 bits per heavy atom. The molecule has 1 aliphatic carbocycles. The molecule has 2 nitrogen and oxygen atoms in total. The van der Waals surface area contributed by atoms with Crippen molar-refractivity contribution in [3.05, 3.63) is 48.2 Å². The van der Waals surface area contributed by atoms with Gasteiger partial charge in [0.15, 0.2) is 0 Å². The highest BCUT2D eigenvalue weighted by atomic mass is 16.5. The van der Waals surface area contributed by atoms with Gasteiger partial charge in [-0.2, -0.15) is 0 Å². The summed E-state index contributed by atoms with van der Waals surface area (Å²) in [4.78, 5) is 4.53. The van der Waals surface area contributed by atoms with E-state index in [2.05, 4.69) is 36.2 Å². The summed E-state index contributed by atoms with van der Waals surface area (Å²) in [5.41, 5.74) is 3.65. The second-order valence-corrected chi connectivity index (χ2v) is 8.43. The molecule has 3 rings (SSSR count). The van der Waals surface area contributed by atoms with Crippen molar-refractivity contribution in [3.63, 3.8) is 0 Å². The van der Waals surface area contributed by atoms with Crippen LogP contribution in [0.3, 0.4) is 0 Å². The molecule has 2 heteroatoms. The van der Waals surface area contributed by atoms with Gasteiger partial charge in [0, 0.05) is 5.56 Å². The van der Waals surface area contributed by atoms with E-state index in [0.717, 1.165) is 23.3 Å².